The highest BCUT2D eigenvalue weighted by Gasteiger charge is 2.37. The summed E-state index contributed by atoms with van der Waals surface area (Å²) in [6, 6.07) is 11.8. The van der Waals surface area contributed by atoms with E-state index in [0.717, 1.165) is 26.3 Å². The number of hydrogen-bond acceptors (Lipinski definition) is 5. The number of benzene rings is 1. The molecule has 0 bridgehead atoms. The van der Waals surface area contributed by atoms with E-state index in [9.17, 15) is 9.59 Å². The molecule has 2 aliphatic rings. The molecule has 0 spiro atoms. The molecule has 2 amide bonds. The molecule has 5 rings (SSSR count). The molecule has 1 atom stereocenters. The number of anilines is 1. The second-order valence-corrected chi connectivity index (χ2v) is 9.79. The Morgan fingerprint density at radius 3 is 2.71 bits per heavy atom. The summed E-state index contributed by atoms with van der Waals surface area (Å²) in [5, 5.41) is 0.906. The maximum atomic E-state index is 13.6. The molecule has 1 unspecified atom stereocenters. The molecule has 1 aromatic carbocycles. The van der Waals surface area contributed by atoms with Crippen molar-refractivity contribution in [1.29, 1.82) is 0 Å². The van der Waals surface area contributed by atoms with Crippen molar-refractivity contribution in [2.75, 3.05) is 24.7 Å². The van der Waals surface area contributed by atoms with Crippen LogP contribution in [0.1, 0.15) is 40.7 Å². The van der Waals surface area contributed by atoms with E-state index in [-0.39, 0.29) is 17.7 Å². The number of ether oxygens (including phenoxy) is 2. The Bertz CT molecular complexity index is 1120. The Balaban J connectivity index is 1.44. The molecule has 1 fully saturated rings. The molecule has 2 aliphatic heterocycles. The lowest BCUT2D eigenvalue weighted by atomic mass is 9.89. The SMILES string of the molecule is CC1(C)OCC(CN2C(=O)C(c3cc4cc(C(N)=O)[nH]c4s3)Cc3ccccc32)CO1. The van der Waals surface area contributed by atoms with Gasteiger partial charge in [0.25, 0.3) is 5.91 Å². The largest absolute Gasteiger partial charge is 0.364 e. The number of primary amides is 1. The van der Waals surface area contributed by atoms with Crippen LogP contribution in [0, 0.1) is 5.92 Å². The van der Waals surface area contributed by atoms with Gasteiger partial charge in [-0.05, 0) is 44.0 Å². The minimum Gasteiger partial charge on any atom is -0.364 e. The summed E-state index contributed by atoms with van der Waals surface area (Å²) in [6.07, 6.45) is 0.655. The van der Waals surface area contributed by atoms with Crippen molar-refractivity contribution in [3.8, 4) is 0 Å². The van der Waals surface area contributed by atoms with Crippen LogP contribution in [0.3, 0.4) is 0 Å². The van der Waals surface area contributed by atoms with Gasteiger partial charge >= 0.3 is 0 Å². The first kappa shape index (κ1) is 20.2. The second kappa shape index (κ2) is 7.47. The van der Waals surface area contributed by atoms with Crippen molar-refractivity contribution in [2.24, 2.45) is 11.7 Å². The van der Waals surface area contributed by atoms with Gasteiger partial charge in [-0.3, -0.25) is 9.59 Å². The topological polar surface area (TPSA) is 97.6 Å². The molecule has 2 aromatic heterocycles. The van der Waals surface area contributed by atoms with E-state index < -0.39 is 11.7 Å². The number of H-pyrrole nitrogens is 1. The lowest BCUT2D eigenvalue weighted by molar-refractivity contribution is -0.260. The number of nitrogens with two attached hydrogens (primary N) is 1. The Morgan fingerprint density at radius 1 is 1.26 bits per heavy atom. The highest BCUT2D eigenvalue weighted by atomic mass is 32.1. The molecule has 0 saturated carbocycles. The highest BCUT2D eigenvalue weighted by Crippen LogP contribution is 2.40. The molecular formula is C23H25N3O4S. The maximum Gasteiger partial charge on any atom is 0.265 e. The Kier molecular flexibility index (Phi) is 4.88. The Hall–Kier alpha value is -2.68. The highest BCUT2D eigenvalue weighted by molar-refractivity contribution is 7.18. The van der Waals surface area contributed by atoms with Gasteiger partial charge in [-0.2, -0.15) is 0 Å². The molecule has 3 N–H and O–H groups in total. The first-order chi connectivity index (χ1) is 14.8. The molecule has 4 heterocycles. The predicted molar refractivity (Wildman–Crippen MR) is 119 cm³/mol. The van der Waals surface area contributed by atoms with Crippen molar-refractivity contribution >= 4 is 39.1 Å². The first-order valence-corrected chi connectivity index (χ1v) is 11.2. The van der Waals surface area contributed by atoms with Gasteiger partial charge in [0.1, 0.15) is 10.5 Å². The quantitative estimate of drug-likeness (QED) is 0.651. The third-order valence-corrected chi connectivity index (χ3v) is 7.16. The first-order valence-electron chi connectivity index (χ1n) is 10.4. The van der Waals surface area contributed by atoms with E-state index in [0.29, 0.717) is 31.9 Å². The van der Waals surface area contributed by atoms with Gasteiger partial charge in [-0.25, -0.2) is 0 Å². The number of nitrogens with one attached hydrogen (secondary N) is 1. The number of para-hydroxylation sites is 1. The van der Waals surface area contributed by atoms with Crippen LogP contribution < -0.4 is 10.6 Å². The van der Waals surface area contributed by atoms with Crippen LogP contribution in [0.25, 0.3) is 10.2 Å². The normalized spacial score (nSPS) is 21.4. The summed E-state index contributed by atoms with van der Waals surface area (Å²) >= 11 is 1.51. The van der Waals surface area contributed by atoms with Crippen LogP contribution in [0.5, 0.6) is 0 Å². The zero-order valence-electron chi connectivity index (χ0n) is 17.5. The summed E-state index contributed by atoms with van der Waals surface area (Å²) in [5.74, 6) is -1.13. The molecule has 0 radical (unpaired) electrons. The predicted octanol–water partition coefficient (Wildman–Crippen LogP) is 3.40. The van der Waals surface area contributed by atoms with Crippen LogP contribution in [0.2, 0.25) is 0 Å². The number of hydrogen-bond donors (Lipinski definition) is 2. The van der Waals surface area contributed by atoms with Crippen molar-refractivity contribution in [3.63, 3.8) is 0 Å². The number of rotatable bonds is 4. The average Bonchev–Trinajstić information content (AvgIpc) is 3.30. The number of nitrogens with zero attached hydrogens (tertiary/aromatic N) is 1. The number of amides is 2. The molecule has 1 saturated heterocycles. The minimum absolute atomic E-state index is 0.0857. The summed E-state index contributed by atoms with van der Waals surface area (Å²) < 4.78 is 11.6. The fourth-order valence-corrected chi connectivity index (χ4v) is 5.45. The molecule has 3 aromatic rings. The number of carbonyl (C=O) groups excluding carboxylic acids is 2. The lowest BCUT2D eigenvalue weighted by Gasteiger charge is -2.39. The standard InChI is InChI=1S/C23H25N3O4S/c1-23(2)29-11-13(12-30-23)10-26-18-6-4-3-5-14(18)7-16(22(26)28)19-9-15-8-17(20(24)27)25-21(15)31-19/h3-6,8-9,13,16,25H,7,10-12H2,1-2H3,(H2,24,27). The second-order valence-electron chi connectivity index (χ2n) is 8.70. The number of thiophene rings is 1. The van der Waals surface area contributed by atoms with Crippen molar-refractivity contribution in [1.82, 2.24) is 4.98 Å². The third-order valence-electron chi connectivity index (χ3n) is 5.98. The van der Waals surface area contributed by atoms with E-state index in [1.807, 2.05) is 43.0 Å². The Labute approximate surface area is 184 Å². The summed E-state index contributed by atoms with van der Waals surface area (Å²) in [5.41, 5.74) is 7.87. The van der Waals surface area contributed by atoms with Gasteiger partial charge in [-0.15, -0.1) is 11.3 Å². The summed E-state index contributed by atoms with van der Waals surface area (Å²) in [7, 11) is 0. The van der Waals surface area contributed by atoms with Gasteiger partial charge < -0.3 is 25.1 Å². The van der Waals surface area contributed by atoms with Gasteiger partial charge in [0, 0.05) is 28.4 Å². The number of aromatic nitrogens is 1. The van der Waals surface area contributed by atoms with E-state index in [1.165, 1.54) is 11.3 Å². The van der Waals surface area contributed by atoms with Gasteiger partial charge in [0.2, 0.25) is 5.91 Å². The fourth-order valence-electron chi connectivity index (χ4n) is 4.31. The van der Waals surface area contributed by atoms with Crippen molar-refractivity contribution in [2.45, 2.75) is 32.0 Å². The van der Waals surface area contributed by atoms with Crippen LogP contribution in [0.4, 0.5) is 5.69 Å². The lowest BCUT2D eigenvalue weighted by Crippen LogP contribution is -2.48. The van der Waals surface area contributed by atoms with E-state index in [2.05, 4.69) is 11.1 Å². The van der Waals surface area contributed by atoms with E-state index in [1.54, 1.807) is 6.07 Å². The minimum atomic E-state index is -0.579. The zero-order chi connectivity index (χ0) is 21.8. The van der Waals surface area contributed by atoms with Gasteiger partial charge in [-0.1, -0.05) is 18.2 Å². The van der Waals surface area contributed by atoms with E-state index in [4.69, 9.17) is 15.2 Å². The van der Waals surface area contributed by atoms with E-state index >= 15 is 0 Å². The monoisotopic (exact) mass is 439 g/mol. The number of fused-ring (bicyclic) bond motifs is 2. The third kappa shape index (κ3) is 3.75. The molecule has 162 valence electrons. The fraction of sp³-hybridized carbons (Fsp3) is 0.391. The maximum absolute atomic E-state index is 13.6. The average molecular weight is 440 g/mol. The van der Waals surface area contributed by atoms with Crippen molar-refractivity contribution in [3.05, 3.63) is 52.5 Å². The van der Waals surface area contributed by atoms with Crippen LogP contribution in [-0.4, -0.2) is 42.3 Å². The van der Waals surface area contributed by atoms with Crippen LogP contribution in [0.15, 0.2) is 36.4 Å². The van der Waals surface area contributed by atoms with Crippen LogP contribution in [-0.2, 0) is 20.7 Å². The molecular weight excluding hydrogens is 414 g/mol. The van der Waals surface area contributed by atoms with Crippen LogP contribution >= 0.6 is 11.3 Å². The summed E-state index contributed by atoms with van der Waals surface area (Å²) in [6.45, 7) is 5.48. The molecule has 7 nitrogen and oxygen atoms in total. The molecule has 31 heavy (non-hydrogen) atoms. The summed E-state index contributed by atoms with van der Waals surface area (Å²) in [4.78, 5) is 31.9. The number of aromatic amines is 1. The molecule has 8 heteroatoms. The smallest absolute Gasteiger partial charge is 0.265 e. The zero-order valence-corrected chi connectivity index (χ0v) is 18.3. The van der Waals surface area contributed by atoms with Gasteiger partial charge in [0.15, 0.2) is 5.79 Å². The van der Waals surface area contributed by atoms with Crippen molar-refractivity contribution < 1.29 is 19.1 Å². The van der Waals surface area contributed by atoms with Gasteiger partial charge in [0.05, 0.1) is 19.1 Å². The Morgan fingerprint density at radius 2 is 2.00 bits per heavy atom. The number of carbonyl (C=O) groups is 2. The molecule has 0 aliphatic carbocycles.